The van der Waals surface area contributed by atoms with Crippen molar-refractivity contribution in [2.24, 2.45) is 0 Å². The summed E-state index contributed by atoms with van der Waals surface area (Å²) in [5.41, 5.74) is 3.61. The molecule has 0 aromatic heterocycles. The first kappa shape index (κ1) is 13.0. The van der Waals surface area contributed by atoms with Gasteiger partial charge < -0.3 is 14.8 Å². The van der Waals surface area contributed by atoms with E-state index in [0.29, 0.717) is 0 Å². The Morgan fingerprint density at radius 1 is 1.20 bits per heavy atom. The minimum Gasteiger partial charge on any atom is -0.497 e. The molecule has 0 fully saturated rings. The maximum absolute atomic E-state index is 6.10. The lowest BCUT2D eigenvalue weighted by Crippen LogP contribution is -2.27. The molecule has 2 aromatic carbocycles. The van der Waals surface area contributed by atoms with Gasteiger partial charge in [-0.05, 0) is 30.3 Å². The third-order valence-electron chi connectivity index (χ3n) is 3.66. The lowest BCUT2D eigenvalue weighted by atomic mass is 10.0. The smallest absolute Gasteiger partial charge is 0.130 e. The summed E-state index contributed by atoms with van der Waals surface area (Å²) < 4.78 is 11.3. The SMILES string of the molecule is CNCC1Cc2cccc(-c3ccc(OC)cc3)c2O1. The van der Waals surface area contributed by atoms with E-state index in [2.05, 4.69) is 35.6 Å². The summed E-state index contributed by atoms with van der Waals surface area (Å²) in [5, 5.41) is 3.18. The number of ether oxygens (including phenoxy) is 2. The van der Waals surface area contributed by atoms with Gasteiger partial charge in [-0.3, -0.25) is 0 Å². The molecule has 3 rings (SSSR count). The third kappa shape index (κ3) is 2.37. The second-order valence-electron chi connectivity index (χ2n) is 5.02. The molecule has 20 heavy (non-hydrogen) atoms. The summed E-state index contributed by atoms with van der Waals surface area (Å²) in [4.78, 5) is 0. The molecule has 1 aliphatic rings. The Morgan fingerprint density at radius 2 is 2.00 bits per heavy atom. The van der Waals surface area contributed by atoms with Crippen LogP contribution in [0.2, 0.25) is 0 Å². The van der Waals surface area contributed by atoms with E-state index in [9.17, 15) is 0 Å². The van der Waals surface area contributed by atoms with E-state index >= 15 is 0 Å². The number of hydrogen-bond donors (Lipinski definition) is 1. The van der Waals surface area contributed by atoms with Gasteiger partial charge in [-0.1, -0.05) is 30.3 Å². The second-order valence-corrected chi connectivity index (χ2v) is 5.02. The van der Waals surface area contributed by atoms with Crippen LogP contribution < -0.4 is 14.8 Å². The van der Waals surface area contributed by atoms with Crippen molar-refractivity contribution in [2.75, 3.05) is 20.7 Å². The molecule has 0 aliphatic carbocycles. The van der Waals surface area contributed by atoms with E-state index in [0.717, 1.165) is 35.6 Å². The summed E-state index contributed by atoms with van der Waals surface area (Å²) in [7, 11) is 3.64. The molecule has 0 saturated carbocycles. The molecule has 0 bridgehead atoms. The van der Waals surface area contributed by atoms with Crippen molar-refractivity contribution < 1.29 is 9.47 Å². The standard InChI is InChI=1S/C17H19NO2/c1-18-11-15-10-13-4-3-5-16(17(13)20-15)12-6-8-14(19-2)9-7-12/h3-9,15,18H,10-11H2,1-2H3. The van der Waals surface area contributed by atoms with Gasteiger partial charge in [0.2, 0.25) is 0 Å². The molecule has 0 amide bonds. The summed E-state index contributed by atoms with van der Waals surface area (Å²) in [5.74, 6) is 1.90. The number of para-hydroxylation sites is 1. The highest BCUT2D eigenvalue weighted by Gasteiger charge is 2.24. The first-order valence-electron chi connectivity index (χ1n) is 6.89. The fourth-order valence-corrected chi connectivity index (χ4v) is 2.68. The van der Waals surface area contributed by atoms with Crippen LogP contribution in [-0.4, -0.2) is 26.8 Å². The molecule has 0 saturated heterocycles. The Kier molecular flexibility index (Phi) is 3.61. The quantitative estimate of drug-likeness (QED) is 0.925. The Hall–Kier alpha value is -2.00. The van der Waals surface area contributed by atoms with E-state index in [-0.39, 0.29) is 6.10 Å². The zero-order chi connectivity index (χ0) is 13.9. The van der Waals surface area contributed by atoms with Crippen LogP contribution >= 0.6 is 0 Å². The minimum absolute atomic E-state index is 0.231. The molecule has 1 unspecified atom stereocenters. The zero-order valence-corrected chi connectivity index (χ0v) is 11.8. The van der Waals surface area contributed by atoms with Crippen LogP contribution in [0.15, 0.2) is 42.5 Å². The third-order valence-corrected chi connectivity index (χ3v) is 3.66. The lowest BCUT2D eigenvalue weighted by Gasteiger charge is -2.12. The normalized spacial score (nSPS) is 16.6. The highest BCUT2D eigenvalue weighted by molar-refractivity contribution is 5.73. The molecule has 1 atom stereocenters. The Bertz CT molecular complexity index is 592. The predicted octanol–water partition coefficient (Wildman–Crippen LogP) is 2.89. The zero-order valence-electron chi connectivity index (χ0n) is 11.8. The van der Waals surface area contributed by atoms with Gasteiger partial charge in [0.15, 0.2) is 0 Å². The molecule has 1 heterocycles. The second kappa shape index (κ2) is 5.55. The van der Waals surface area contributed by atoms with Crippen molar-refractivity contribution in [2.45, 2.75) is 12.5 Å². The van der Waals surface area contributed by atoms with Crippen molar-refractivity contribution in [3.63, 3.8) is 0 Å². The molecule has 3 nitrogen and oxygen atoms in total. The molecule has 2 aromatic rings. The maximum atomic E-state index is 6.10. The van der Waals surface area contributed by atoms with E-state index < -0.39 is 0 Å². The van der Waals surface area contributed by atoms with Crippen LogP contribution in [0, 0.1) is 0 Å². The van der Waals surface area contributed by atoms with Crippen LogP contribution in [0.25, 0.3) is 11.1 Å². The fraction of sp³-hybridized carbons (Fsp3) is 0.294. The molecule has 3 heteroatoms. The van der Waals surface area contributed by atoms with Crippen molar-refractivity contribution in [1.82, 2.24) is 5.32 Å². The number of benzene rings is 2. The van der Waals surface area contributed by atoms with Gasteiger partial charge in [-0.15, -0.1) is 0 Å². The van der Waals surface area contributed by atoms with Gasteiger partial charge in [0.1, 0.15) is 17.6 Å². The highest BCUT2D eigenvalue weighted by atomic mass is 16.5. The number of fused-ring (bicyclic) bond motifs is 1. The van der Waals surface area contributed by atoms with Gasteiger partial charge in [0.05, 0.1) is 7.11 Å². The minimum atomic E-state index is 0.231. The Balaban J connectivity index is 1.94. The molecule has 1 N–H and O–H groups in total. The molecular formula is C17H19NO2. The summed E-state index contributed by atoms with van der Waals surface area (Å²) in [6, 6.07) is 14.5. The van der Waals surface area contributed by atoms with Crippen LogP contribution in [-0.2, 0) is 6.42 Å². The van der Waals surface area contributed by atoms with Crippen LogP contribution in [0.5, 0.6) is 11.5 Å². The molecule has 1 aliphatic heterocycles. The van der Waals surface area contributed by atoms with E-state index in [1.165, 1.54) is 5.56 Å². The monoisotopic (exact) mass is 269 g/mol. The van der Waals surface area contributed by atoms with Gasteiger partial charge in [-0.25, -0.2) is 0 Å². The van der Waals surface area contributed by atoms with Gasteiger partial charge in [-0.2, -0.15) is 0 Å². The van der Waals surface area contributed by atoms with Crippen molar-refractivity contribution in [3.05, 3.63) is 48.0 Å². The van der Waals surface area contributed by atoms with Crippen LogP contribution in [0.4, 0.5) is 0 Å². The highest BCUT2D eigenvalue weighted by Crippen LogP contribution is 2.38. The van der Waals surface area contributed by atoms with Crippen LogP contribution in [0.1, 0.15) is 5.56 Å². The number of rotatable bonds is 4. The summed E-state index contributed by atoms with van der Waals surface area (Å²) in [6.45, 7) is 0.872. The summed E-state index contributed by atoms with van der Waals surface area (Å²) in [6.07, 6.45) is 1.20. The Morgan fingerprint density at radius 3 is 2.70 bits per heavy atom. The lowest BCUT2D eigenvalue weighted by molar-refractivity contribution is 0.232. The topological polar surface area (TPSA) is 30.5 Å². The number of hydrogen-bond acceptors (Lipinski definition) is 3. The molecule has 104 valence electrons. The first-order chi connectivity index (χ1) is 9.81. The van der Waals surface area contributed by atoms with Crippen molar-refractivity contribution in [3.8, 4) is 22.6 Å². The van der Waals surface area contributed by atoms with Crippen molar-refractivity contribution in [1.29, 1.82) is 0 Å². The van der Waals surface area contributed by atoms with Crippen LogP contribution in [0.3, 0.4) is 0 Å². The average Bonchev–Trinajstić information content (AvgIpc) is 2.90. The van der Waals surface area contributed by atoms with Crippen molar-refractivity contribution >= 4 is 0 Å². The average molecular weight is 269 g/mol. The van der Waals surface area contributed by atoms with Gasteiger partial charge in [0.25, 0.3) is 0 Å². The Labute approximate surface area is 119 Å². The maximum Gasteiger partial charge on any atom is 0.130 e. The predicted molar refractivity (Wildman–Crippen MR) is 80.5 cm³/mol. The number of likely N-dealkylation sites (N-methyl/N-ethyl adjacent to an activating group) is 1. The molecular weight excluding hydrogens is 250 g/mol. The van der Waals surface area contributed by atoms with Gasteiger partial charge >= 0.3 is 0 Å². The number of nitrogens with one attached hydrogen (secondary N) is 1. The number of methoxy groups -OCH3 is 1. The van der Waals surface area contributed by atoms with E-state index in [1.54, 1.807) is 7.11 Å². The van der Waals surface area contributed by atoms with E-state index in [4.69, 9.17) is 9.47 Å². The fourth-order valence-electron chi connectivity index (χ4n) is 2.68. The molecule has 0 radical (unpaired) electrons. The largest absolute Gasteiger partial charge is 0.497 e. The molecule has 0 spiro atoms. The van der Waals surface area contributed by atoms with E-state index in [1.807, 2.05) is 19.2 Å². The first-order valence-corrected chi connectivity index (χ1v) is 6.89. The van der Waals surface area contributed by atoms with Gasteiger partial charge in [0, 0.05) is 18.5 Å². The summed E-state index contributed by atoms with van der Waals surface area (Å²) >= 11 is 0.